The Morgan fingerprint density at radius 1 is 1.67 bits per heavy atom. The second-order valence-corrected chi connectivity index (χ2v) is 4.34. The number of hydrogen-bond donors (Lipinski definition) is 1. The molecule has 15 heavy (non-hydrogen) atoms. The van der Waals surface area contributed by atoms with E-state index in [2.05, 4.69) is 0 Å². The molecule has 1 aromatic heterocycles. The van der Waals surface area contributed by atoms with Crippen LogP contribution in [0.5, 0.6) is 0 Å². The zero-order valence-corrected chi connectivity index (χ0v) is 9.21. The molecule has 6 nitrogen and oxygen atoms in total. The minimum Gasteiger partial charge on any atom is -0.390 e. The normalized spacial score (nSPS) is 10.6. The van der Waals surface area contributed by atoms with Gasteiger partial charge in [-0.25, -0.2) is 0 Å². The van der Waals surface area contributed by atoms with Crippen molar-refractivity contribution in [3.8, 4) is 0 Å². The van der Waals surface area contributed by atoms with Gasteiger partial charge in [0.2, 0.25) is 0 Å². The monoisotopic (exact) mass is 229 g/mol. The molecule has 0 aromatic carbocycles. The van der Waals surface area contributed by atoms with Gasteiger partial charge in [0.25, 0.3) is 0 Å². The van der Waals surface area contributed by atoms with Gasteiger partial charge in [-0.05, 0) is 25.4 Å². The molecule has 0 aliphatic heterocycles. The Balaban J connectivity index is 2.94. The van der Waals surface area contributed by atoms with E-state index in [9.17, 15) is 14.9 Å². The summed E-state index contributed by atoms with van der Waals surface area (Å²) < 4.78 is 0. The molecule has 0 saturated carbocycles. The molecule has 0 aliphatic rings. The van der Waals surface area contributed by atoms with Crippen LogP contribution in [0, 0.1) is 10.1 Å². The minimum absolute atomic E-state index is 0.102. The topological polar surface area (TPSA) is 89.5 Å². The summed E-state index contributed by atoms with van der Waals surface area (Å²) in [6.45, 7) is 0.193. The van der Waals surface area contributed by atoms with Gasteiger partial charge in [-0.3, -0.25) is 14.9 Å². The Morgan fingerprint density at radius 3 is 2.67 bits per heavy atom. The Hall–Kier alpha value is -1.47. The molecule has 0 aliphatic carbocycles. The molecule has 1 aromatic rings. The number of ketones is 1. The number of thiophene rings is 1. The van der Waals surface area contributed by atoms with E-state index in [1.807, 2.05) is 0 Å². The highest BCUT2D eigenvalue weighted by Crippen LogP contribution is 2.31. The van der Waals surface area contributed by atoms with Gasteiger partial charge in [-0.1, -0.05) is 0 Å². The maximum absolute atomic E-state index is 11.6. The van der Waals surface area contributed by atoms with Gasteiger partial charge in [0, 0.05) is 6.07 Å². The van der Waals surface area contributed by atoms with Crippen LogP contribution in [0.25, 0.3) is 0 Å². The van der Waals surface area contributed by atoms with Crippen LogP contribution in [0.15, 0.2) is 6.07 Å². The summed E-state index contributed by atoms with van der Waals surface area (Å²) in [7, 11) is 3.49. The van der Waals surface area contributed by atoms with Crippen LogP contribution >= 0.6 is 11.3 Å². The average Bonchev–Trinajstić information content (AvgIpc) is 2.46. The molecule has 0 atom stereocenters. The van der Waals surface area contributed by atoms with Crippen molar-refractivity contribution in [2.75, 3.05) is 26.4 Å². The van der Waals surface area contributed by atoms with Crippen LogP contribution in [0.1, 0.15) is 10.4 Å². The van der Waals surface area contributed by atoms with Gasteiger partial charge < -0.3 is 10.6 Å². The molecule has 0 amide bonds. The number of rotatable bonds is 4. The van der Waals surface area contributed by atoms with Gasteiger partial charge in [0.05, 0.1) is 17.0 Å². The summed E-state index contributed by atoms with van der Waals surface area (Å²) >= 11 is 0.817. The van der Waals surface area contributed by atoms with E-state index in [-0.39, 0.29) is 27.9 Å². The van der Waals surface area contributed by atoms with Crippen molar-refractivity contribution in [3.63, 3.8) is 0 Å². The first-order chi connectivity index (χ1) is 6.91. The molecular formula is C8H11N3O3S. The van der Waals surface area contributed by atoms with Crippen LogP contribution in [0.4, 0.5) is 10.0 Å². The van der Waals surface area contributed by atoms with E-state index in [4.69, 9.17) is 5.73 Å². The number of hydrogen-bond acceptors (Lipinski definition) is 6. The molecule has 1 rings (SSSR count). The maximum atomic E-state index is 11.6. The summed E-state index contributed by atoms with van der Waals surface area (Å²) in [6.07, 6.45) is 0. The summed E-state index contributed by atoms with van der Waals surface area (Å²) in [4.78, 5) is 23.2. The molecule has 7 heteroatoms. The van der Waals surface area contributed by atoms with Crippen molar-refractivity contribution in [2.24, 2.45) is 0 Å². The Labute approximate surface area is 90.4 Å². The Morgan fingerprint density at radius 2 is 2.27 bits per heavy atom. The van der Waals surface area contributed by atoms with E-state index in [0.717, 1.165) is 11.3 Å². The fourth-order valence-corrected chi connectivity index (χ4v) is 1.83. The lowest BCUT2D eigenvalue weighted by atomic mass is 10.2. The second kappa shape index (κ2) is 4.37. The van der Waals surface area contributed by atoms with E-state index in [1.165, 1.54) is 6.07 Å². The summed E-state index contributed by atoms with van der Waals surface area (Å²) in [6, 6.07) is 1.23. The van der Waals surface area contributed by atoms with Crippen molar-refractivity contribution < 1.29 is 9.72 Å². The van der Waals surface area contributed by atoms with Crippen LogP contribution < -0.4 is 5.73 Å². The van der Waals surface area contributed by atoms with Crippen LogP contribution in [-0.2, 0) is 0 Å². The highest BCUT2D eigenvalue weighted by atomic mass is 32.1. The highest BCUT2D eigenvalue weighted by Gasteiger charge is 2.19. The van der Waals surface area contributed by atoms with Gasteiger partial charge in [0.1, 0.15) is 5.00 Å². The molecule has 0 spiro atoms. The molecule has 0 bridgehead atoms. The molecule has 0 unspecified atom stereocenters. The number of nitrogen functional groups attached to an aromatic ring is 1. The molecule has 0 fully saturated rings. The minimum atomic E-state index is -0.548. The van der Waals surface area contributed by atoms with Gasteiger partial charge >= 0.3 is 5.00 Å². The lowest BCUT2D eigenvalue weighted by Crippen LogP contribution is -2.21. The largest absolute Gasteiger partial charge is 0.390 e. The highest BCUT2D eigenvalue weighted by molar-refractivity contribution is 7.19. The summed E-state index contributed by atoms with van der Waals surface area (Å²) in [5, 5.41) is 10.6. The third-order valence-electron chi connectivity index (χ3n) is 1.69. The smallest absolute Gasteiger partial charge is 0.326 e. The summed E-state index contributed by atoms with van der Waals surface area (Å²) in [5.41, 5.74) is 5.77. The molecule has 0 saturated heterocycles. The Bertz CT molecular complexity index is 400. The van der Waals surface area contributed by atoms with E-state index >= 15 is 0 Å². The molecule has 82 valence electrons. The number of anilines is 1. The number of nitro groups is 1. The van der Waals surface area contributed by atoms with Crippen molar-refractivity contribution in [1.29, 1.82) is 0 Å². The molecule has 2 N–H and O–H groups in total. The first-order valence-corrected chi connectivity index (χ1v) is 4.95. The van der Waals surface area contributed by atoms with E-state index < -0.39 is 4.92 Å². The molecule has 0 radical (unpaired) electrons. The predicted molar refractivity (Wildman–Crippen MR) is 58.3 cm³/mol. The van der Waals surface area contributed by atoms with Crippen molar-refractivity contribution in [2.45, 2.75) is 0 Å². The van der Waals surface area contributed by atoms with Crippen LogP contribution in [0.3, 0.4) is 0 Å². The fraction of sp³-hybridized carbons (Fsp3) is 0.375. The van der Waals surface area contributed by atoms with Crippen molar-refractivity contribution in [1.82, 2.24) is 4.90 Å². The van der Waals surface area contributed by atoms with Crippen molar-refractivity contribution in [3.05, 3.63) is 21.7 Å². The second-order valence-electron chi connectivity index (χ2n) is 3.28. The lowest BCUT2D eigenvalue weighted by molar-refractivity contribution is -0.380. The number of carbonyl (C=O) groups excluding carboxylic acids is 1. The molecule has 1 heterocycles. The maximum Gasteiger partial charge on any atom is 0.326 e. The SMILES string of the molecule is CN(C)CC(=O)c1cc([N+](=O)[O-])sc1N. The van der Waals surface area contributed by atoms with E-state index in [0.29, 0.717) is 0 Å². The van der Waals surface area contributed by atoms with Gasteiger partial charge in [-0.15, -0.1) is 0 Å². The van der Waals surface area contributed by atoms with Gasteiger partial charge in [0.15, 0.2) is 5.78 Å². The number of carbonyl (C=O) groups is 1. The number of nitrogens with two attached hydrogens (primary N) is 1. The van der Waals surface area contributed by atoms with Crippen LogP contribution in [-0.4, -0.2) is 36.2 Å². The third-order valence-corrected chi connectivity index (χ3v) is 2.60. The predicted octanol–water partition coefficient (Wildman–Crippen LogP) is 0.983. The quantitative estimate of drug-likeness (QED) is 0.472. The summed E-state index contributed by atoms with van der Waals surface area (Å²) in [5.74, 6) is -0.207. The number of likely N-dealkylation sites (N-methyl/N-ethyl adjacent to an activating group) is 1. The standard InChI is InChI=1S/C8H11N3O3S/c1-10(2)4-6(12)5-3-7(11(13)14)15-8(5)9/h3H,4,9H2,1-2H3. The van der Waals surface area contributed by atoms with Gasteiger partial charge in [-0.2, -0.15) is 0 Å². The van der Waals surface area contributed by atoms with Crippen molar-refractivity contribution >= 4 is 27.1 Å². The number of nitrogens with zero attached hydrogens (tertiary/aromatic N) is 2. The Kier molecular flexibility index (Phi) is 3.38. The average molecular weight is 229 g/mol. The molecular weight excluding hydrogens is 218 g/mol. The lowest BCUT2D eigenvalue weighted by Gasteiger charge is -2.06. The first-order valence-electron chi connectivity index (χ1n) is 4.13. The first kappa shape index (κ1) is 11.6. The van der Waals surface area contributed by atoms with Crippen LogP contribution in [0.2, 0.25) is 0 Å². The fourth-order valence-electron chi connectivity index (χ4n) is 1.07. The zero-order chi connectivity index (χ0) is 11.6. The zero-order valence-electron chi connectivity index (χ0n) is 8.39. The van der Waals surface area contributed by atoms with E-state index in [1.54, 1.807) is 19.0 Å². The third kappa shape index (κ3) is 2.74. The number of Topliss-reactive ketones (excluding diaryl/α,β-unsaturated/α-hetero) is 1.